The monoisotopic (exact) mass is 618 g/mol. The summed E-state index contributed by atoms with van der Waals surface area (Å²) < 4.78 is 56.7. The second kappa shape index (κ2) is 11.0. The maximum Gasteiger partial charge on any atom is 0.280 e. The Balaban J connectivity index is 1.22. The number of aliphatic hydroxyl groups excluding tert-OH is 1. The van der Waals surface area contributed by atoms with Crippen LogP contribution in [0.25, 0.3) is 22.3 Å². The highest BCUT2D eigenvalue weighted by Crippen LogP contribution is 2.49. The molecule has 0 saturated carbocycles. The minimum absolute atomic E-state index is 0.0738. The van der Waals surface area contributed by atoms with Crippen LogP contribution in [0.1, 0.15) is 12.5 Å². The zero-order valence-corrected chi connectivity index (χ0v) is 22.9. The van der Waals surface area contributed by atoms with E-state index in [2.05, 4.69) is 42.2 Å². The summed E-state index contributed by atoms with van der Waals surface area (Å²) in [6.45, 7) is -0.216. The Hall–Kier alpha value is -2.63. The summed E-state index contributed by atoms with van der Waals surface area (Å²) in [6.07, 6.45) is -6.55. The standard InChI is InChI=1S/C19H22F2N10O6P2S/c20-6-2-38-36-12-7(35-18(8(12)21)31-5-26-9-13(22)24-3-25-14(9)31)1-34-39(40)37-11(6)17(33)30-4-27-10-15(30)28-19(23)29-16(10)32/h3-8,11-12,17-18,33,38,40H,1-2H2,(H2,22,24,25)(H3,23,28,29,32)/t6?,7?,8-,11?,12?,17?,18+,39?/m0/s1. The molecule has 4 aromatic heterocycles. The molecule has 2 aliphatic rings. The molecule has 6 rings (SSSR count). The number of fused-ring (bicyclic) bond motifs is 3. The number of H-pyrrole nitrogens is 1. The lowest BCUT2D eigenvalue weighted by atomic mass is 10.1. The average Bonchev–Trinajstić information content (AvgIpc) is 3.61. The minimum atomic E-state index is -2.10. The molecule has 2 saturated heterocycles. The van der Waals surface area contributed by atoms with Crippen molar-refractivity contribution in [2.24, 2.45) is 0 Å². The fraction of sp³-hybridized carbons (Fsp3) is 0.474. The molecule has 0 spiro atoms. The molecule has 16 nitrogen and oxygen atoms in total. The van der Waals surface area contributed by atoms with Crippen LogP contribution < -0.4 is 17.0 Å². The van der Waals surface area contributed by atoms with Gasteiger partial charge in [0, 0.05) is 15.0 Å². The third-order valence-corrected chi connectivity index (χ3v) is 8.79. The Morgan fingerprint density at radius 1 is 1.20 bits per heavy atom. The molecule has 2 aliphatic heterocycles. The molecule has 0 radical (unpaired) electrons. The molecular formula is C19H22F2N10O6P2S. The van der Waals surface area contributed by atoms with Gasteiger partial charge in [0.25, 0.3) is 5.56 Å². The number of aromatic nitrogens is 8. The quantitative estimate of drug-likeness (QED) is 0.158. The number of hydrogen-bond acceptors (Lipinski definition) is 14. The SMILES string of the molecule is Nc1nc2c(ncn2C(O)C2OP(S)OCC3O[C@@H](n4cnc5c(N)ncnc54)[C@@H](F)C3OPCC2F)c(=O)[nH]1. The van der Waals surface area contributed by atoms with Gasteiger partial charge in [-0.3, -0.25) is 18.9 Å². The van der Waals surface area contributed by atoms with Crippen LogP contribution in [0.2, 0.25) is 0 Å². The number of halogens is 2. The molecule has 0 aromatic carbocycles. The number of nitrogens with two attached hydrogens (primary N) is 2. The van der Waals surface area contributed by atoms with Gasteiger partial charge in [0.15, 0.2) is 41.3 Å². The molecule has 21 heteroatoms. The van der Waals surface area contributed by atoms with Gasteiger partial charge in [0.1, 0.15) is 36.3 Å². The molecule has 214 valence electrons. The topological polar surface area (TPSA) is 216 Å². The summed E-state index contributed by atoms with van der Waals surface area (Å²) in [7, 11) is -2.64. The summed E-state index contributed by atoms with van der Waals surface area (Å²) in [5.41, 5.74) is 11.2. The largest absolute Gasteiger partial charge is 0.382 e. The van der Waals surface area contributed by atoms with E-state index < -0.39 is 65.1 Å². The third kappa shape index (κ3) is 4.90. The number of aromatic amines is 1. The molecule has 4 aromatic rings. The van der Waals surface area contributed by atoms with Crippen molar-refractivity contribution >= 4 is 62.7 Å². The molecule has 6 N–H and O–H groups in total. The fourth-order valence-corrected chi connectivity index (χ4v) is 6.74. The van der Waals surface area contributed by atoms with E-state index in [0.717, 1.165) is 10.9 Å². The van der Waals surface area contributed by atoms with Gasteiger partial charge in [-0.05, 0) is 0 Å². The lowest BCUT2D eigenvalue weighted by Crippen LogP contribution is -2.35. The number of nitrogen functional groups attached to an aromatic ring is 2. The number of nitrogens with zero attached hydrogens (tertiary/aromatic N) is 7. The van der Waals surface area contributed by atoms with Crippen LogP contribution in [0.4, 0.5) is 20.5 Å². The van der Waals surface area contributed by atoms with E-state index in [1.54, 1.807) is 0 Å². The highest BCUT2D eigenvalue weighted by Gasteiger charge is 2.48. The number of imidazole rings is 2. The number of hydrogen-bond donors (Lipinski definition) is 5. The van der Waals surface area contributed by atoms with Crippen molar-refractivity contribution in [2.75, 3.05) is 24.2 Å². The van der Waals surface area contributed by atoms with Crippen molar-refractivity contribution in [2.45, 2.75) is 43.1 Å². The molecule has 0 amide bonds. The molecule has 0 bridgehead atoms. The predicted octanol–water partition coefficient (Wildman–Crippen LogP) is 0.739. The Morgan fingerprint density at radius 2 is 2.00 bits per heavy atom. The highest BCUT2D eigenvalue weighted by atomic mass is 32.7. The Bertz CT molecular complexity index is 1600. The Kier molecular flexibility index (Phi) is 7.56. The zero-order chi connectivity index (χ0) is 28.1. The Labute approximate surface area is 230 Å². The zero-order valence-electron chi connectivity index (χ0n) is 20.1. The molecule has 6 heterocycles. The van der Waals surface area contributed by atoms with Gasteiger partial charge >= 0.3 is 0 Å². The normalized spacial score (nSPS) is 31.4. The smallest absolute Gasteiger partial charge is 0.280 e. The van der Waals surface area contributed by atoms with Gasteiger partial charge in [-0.1, -0.05) is 12.2 Å². The Morgan fingerprint density at radius 3 is 2.83 bits per heavy atom. The van der Waals surface area contributed by atoms with E-state index in [-0.39, 0.29) is 46.9 Å². The van der Waals surface area contributed by atoms with Crippen LogP contribution in [-0.4, -0.2) is 87.6 Å². The molecular weight excluding hydrogens is 596 g/mol. The first kappa shape index (κ1) is 27.5. The van der Waals surface area contributed by atoms with Crippen molar-refractivity contribution in [1.82, 2.24) is 39.0 Å². The van der Waals surface area contributed by atoms with Crippen LogP contribution in [0.15, 0.2) is 23.8 Å². The third-order valence-electron chi connectivity index (χ3n) is 6.37. The van der Waals surface area contributed by atoms with E-state index in [1.165, 1.54) is 17.2 Å². The summed E-state index contributed by atoms with van der Waals surface area (Å²) in [5, 5.41) is 11.0. The molecule has 2 fully saturated rings. The molecule has 40 heavy (non-hydrogen) atoms. The number of nitrogens with one attached hydrogen (secondary N) is 1. The maximum atomic E-state index is 15.7. The number of ether oxygens (including phenoxy) is 1. The molecule has 7 unspecified atom stereocenters. The number of aliphatic hydroxyl groups is 1. The van der Waals surface area contributed by atoms with Gasteiger partial charge in [-0.2, -0.15) is 4.98 Å². The first-order chi connectivity index (χ1) is 19.2. The number of rotatable bonds is 3. The summed E-state index contributed by atoms with van der Waals surface area (Å²) in [4.78, 5) is 34.5. The van der Waals surface area contributed by atoms with Gasteiger partial charge in [-0.15, -0.1) is 0 Å². The van der Waals surface area contributed by atoms with Crippen LogP contribution in [0.5, 0.6) is 0 Å². The second-order valence-electron chi connectivity index (χ2n) is 8.83. The molecule has 0 aliphatic carbocycles. The summed E-state index contributed by atoms with van der Waals surface area (Å²) in [6, 6.07) is 0. The van der Waals surface area contributed by atoms with Crippen molar-refractivity contribution < 1.29 is 32.2 Å². The van der Waals surface area contributed by atoms with E-state index >= 15 is 8.78 Å². The van der Waals surface area contributed by atoms with Crippen molar-refractivity contribution in [3.05, 3.63) is 29.3 Å². The van der Waals surface area contributed by atoms with Crippen LogP contribution in [-0.2, 0) is 18.3 Å². The van der Waals surface area contributed by atoms with Crippen LogP contribution in [0.3, 0.4) is 0 Å². The van der Waals surface area contributed by atoms with Gasteiger partial charge < -0.3 is 34.9 Å². The predicted molar refractivity (Wildman–Crippen MR) is 142 cm³/mol. The van der Waals surface area contributed by atoms with Crippen LogP contribution >= 0.6 is 28.6 Å². The van der Waals surface area contributed by atoms with E-state index in [0.29, 0.717) is 0 Å². The van der Waals surface area contributed by atoms with Crippen LogP contribution in [0, 0.1) is 0 Å². The van der Waals surface area contributed by atoms with Gasteiger partial charge in [0.2, 0.25) is 13.5 Å². The first-order valence-corrected chi connectivity index (χ1v) is 15.1. The number of anilines is 2. The summed E-state index contributed by atoms with van der Waals surface area (Å²) in [5.74, 6) is -0.0849. The van der Waals surface area contributed by atoms with Gasteiger partial charge in [0.05, 0.1) is 19.3 Å². The lowest BCUT2D eigenvalue weighted by Gasteiger charge is -2.28. The van der Waals surface area contributed by atoms with E-state index in [1.807, 2.05) is 0 Å². The first-order valence-electron chi connectivity index (χ1n) is 11.7. The van der Waals surface area contributed by atoms with E-state index in [4.69, 9.17) is 29.8 Å². The number of thiol groups is 1. The minimum Gasteiger partial charge on any atom is -0.382 e. The highest BCUT2D eigenvalue weighted by molar-refractivity contribution is 8.41. The fourth-order valence-electron chi connectivity index (χ4n) is 4.46. The lowest BCUT2D eigenvalue weighted by molar-refractivity contribution is -0.0520. The van der Waals surface area contributed by atoms with Crippen molar-refractivity contribution in [1.29, 1.82) is 0 Å². The second-order valence-corrected chi connectivity index (χ2v) is 11.7. The van der Waals surface area contributed by atoms with Crippen molar-refractivity contribution in [3.63, 3.8) is 0 Å². The molecule has 9 atom stereocenters. The average molecular weight is 618 g/mol. The van der Waals surface area contributed by atoms with Crippen molar-refractivity contribution in [3.8, 4) is 0 Å². The van der Waals surface area contributed by atoms with E-state index in [9.17, 15) is 9.90 Å². The maximum absolute atomic E-state index is 15.7. The van der Waals surface area contributed by atoms with Gasteiger partial charge in [-0.25, -0.2) is 28.7 Å². The summed E-state index contributed by atoms with van der Waals surface area (Å²) >= 11 is 4.28. The number of alkyl halides is 2.